The summed E-state index contributed by atoms with van der Waals surface area (Å²) in [5.41, 5.74) is 13.1. The van der Waals surface area contributed by atoms with Crippen molar-refractivity contribution in [3.05, 3.63) is 91.0 Å². The molecule has 0 unspecified atom stereocenters. The summed E-state index contributed by atoms with van der Waals surface area (Å²) in [5.74, 6) is 6.91. The molecule has 286 valence electrons. The second-order valence-electron chi connectivity index (χ2n) is 17.0. The van der Waals surface area contributed by atoms with Gasteiger partial charge < -0.3 is 35.4 Å². The summed E-state index contributed by atoms with van der Waals surface area (Å²) in [4.78, 5) is 0. The summed E-state index contributed by atoms with van der Waals surface area (Å²) in [5, 5.41) is 0. The predicted octanol–water partition coefficient (Wildman–Crippen LogP) is 10.5. The SMILES string of the molecule is CC.Cc1c2c3cc4c1O[Si](C)(C)Oc1c(cc5c(c1C)O[Si](C)(C)Oc1c(cc6c(c1C)O[Si](C)(C)Oc1c(cc(c(c1C)O[Si](C)(C)O2)C3)C6)C5)C4. The first kappa shape index (κ1) is 37.1. The zero-order valence-electron chi connectivity index (χ0n) is 34.4. The molecule has 4 aliphatic heterocycles. The molecule has 5 aliphatic rings. The molecule has 0 atom stereocenters. The van der Waals surface area contributed by atoms with E-state index >= 15 is 0 Å². The second-order valence-corrected chi connectivity index (χ2v) is 29.9. The van der Waals surface area contributed by atoms with Crippen LogP contribution in [-0.2, 0) is 25.7 Å². The zero-order chi connectivity index (χ0) is 38.9. The largest absolute Gasteiger partial charge is 0.511 e. The summed E-state index contributed by atoms with van der Waals surface area (Å²) in [6.45, 7) is 29.4. The van der Waals surface area contributed by atoms with Gasteiger partial charge in [-0.05, 0) is 96.5 Å². The maximum Gasteiger partial charge on any atom is 0.454 e. The Bertz CT molecular complexity index is 1830. The molecule has 4 aromatic rings. The minimum absolute atomic E-state index is 0.652. The Morgan fingerprint density at radius 1 is 0.296 bits per heavy atom. The summed E-state index contributed by atoms with van der Waals surface area (Å²) in [6.07, 6.45) is 2.61. The molecule has 8 bridgehead atoms. The molecule has 0 saturated heterocycles. The van der Waals surface area contributed by atoms with Crippen LogP contribution >= 0.6 is 0 Å². The van der Waals surface area contributed by atoms with E-state index in [1.54, 1.807) is 0 Å². The van der Waals surface area contributed by atoms with Gasteiger partial charge in [-0.1, -0.05) is 13.8 Å². The lowest BCUT2D eigenvalue weighted by atomic mass is 9.88. The van der Waals surface area contributed by atoms with E-state index in [1.165, 1.54) is 0 Å². The lowest BCUT2D eigenvalue weighted by Gasteiger charge is -2.38. The molecule has 4 heterocycles. The number of hydrogen-bond acceptors (Lipinski definition) is 8. The van der Waals surface area contributed by atoms with Crippen LogP contribution in [0.2, 0.25) is 52.4 Å². The molecule has 0 fully saturated rings. The van der Waals surface area contributed by atoms with E-state index in [-0.39, 0.29) is 0 Å². The van der Waals surface area contributed by atoms with Gasteiger partial charge in [0, 0.05) is 100 Å². The van der Waals surface area contributed by atoms with Crippen molar-refractivity contribution in [2.75, 3.05) is 0 Å². The average molecular weight is 799 g/mol. The quantitative estimate of drug-likeness (QED) is 0.143. The van der Waals surface area contributed by atoms with Gasteiger partial charge in [0.15, 0.2) is 0 Å². The molecule has 0 amide bonds. The van der Waals surface area contributed by atoms with Gasteiger partial charge in [0.1, 0.15) is 46.0 Å². The first-order valence-corrected chi connectivity index (χ1v) is 30.7. The highest BCUT2D eigenvalue weighted by atomic mass is 28.4. The topological polar surface area (TPSA) is 73.8 Å². The Kier molecular flexibility index (Phi) is 8.47. The first-order valence-electron chi connectivity index (χ1n) is 19.4. The molecule has 12 heteroatoms. The molecular formula is C42H54O8Si4. The highest BCUT2D eigenvalue weighted by Gasteiger charge is 2.43. The van der Waals surface area contributed by atoms with Crippen LogP contribution in [0.15, 0.2) is 24.3 Å². The Balaban J connectivity index is 0.00000203. The average Bonchev–Trinajstić information content (AvgIpc) is 3.06. The Morgan fingerprint density at radius 2 is 0.426 bits per heavy atom. The highest BCUT2D eigenvalue weighted by Crippen LogP contribution is 2.51. The van der Waals surface area contributed by atoms with E-state index < -0.39 is 34.2 Å². The van der Waals surface area contributed by atoms with E-state index in [2.05, 4.69) is 104 Å². The van der Waals surface area contributed by atoms with Crippen LogP contribution in [0.1, 0.15) is 80.6 Å². The lowest BCUT2D eigenvalue weighted by molar-refractivity contribution is 0.363. The molecule has 4 aromatic carbocycles. The number of benzene rings is 4. The molecule has 9 rings (SSSR count). The van der Waals surface area contributed by atoms with Crippen molar-refractivity contribution in [1.29, 1.82) is 0 Å². The second kappa shape index (κ2) is 12.3. The minimum Gasteiger partial charge on any atom is -0.511 e. The summed E-state index contributed by atoms with van der Waals surface area (Å²) < 4.78 is 55.8. The zero-order valence-corrected chi connectivity index (χ0v) is 38.4. The Morgan fingerprint density at radius 3 is 0.556 bits per heavy atom. The molecular weight excluding hydrogens is 745 g/mol. The van der Waals surface area contributed by atoms with Crippen LogP contribution in [0, 0.1) is 27.7 Å². The van der Waals surface area contributed by atoms with Crippen molar-refractivity contribution in [3.63, 3.8) is 0 Å². The Hall–Kier alpha value is -3.85. The monoisotopic (exact) mass is 798 g/mol. The van der Waals surface area contributed by atoms with Gasteiger partial charge >= 0.3 is 34.2 Å². The van der Waals surface area contributed by atoms with Gasteiger partial charge in [-0.15, -0.1) is 0 Å². The smallest absolute Gasteiger partial charge is 0.454 e. The van der Waals surface area contributed by atoms with Gasteiger partial charge in [0.05, 0.1) is 0 Å². The number of hydrogen-bond donors (Lipinski definition) is 0. The van der Waals surface area contributed by atoms with Gasteiger partial charge in [0.25, 0.3) is 0 Å². The lowest BCUT2D eigenvalue weighted by Crippen LogP contribution is -2.46. The third kappa shape index (κ3) is 6.13. The van der Waals surface area contributed by atoms with Crippen LogP contribution in [0.3, 0.4) is 0 Å². The van der Waals surface area contributed by atoms with Crippen molar-refractivity contribution in [1.82, 2.24) is 0 Å². The molecule has 0 N–H and O–H groups in total. The highest BCUT2D eigenvalue weighted by molar-refractivity contribution is 6.67. The summed E-state index contributed by atoms with van der Waals surface area (Å²) >= 11 is 0. The molecule has 1 aliphatic carbocycles. The summed E-state index contributed by atoms with van der Waals surface area (Å²) in [7, 11) is -11.1. The molecule has 0 aromatic heterocycles. The fourth-order valence-corrected chi connectivity index (χ4v) is 15.1. The van der Waals surface area contributed by atoms with Gasteiger partial charge in [-0.25, -0.2) is 0 Å². The van der Waals surface area contributed by atoms with Crippen molar-refractivity contribution in [2.24, 2.45) is 0 Å². The molecule has 8 nitrogen and oxygen atoms in total. The van der Waals surface area contributed by atoms with E-state index in [1.807, 2.05) is 13.8 Å². The summed E-state index contributed by atoms with van der Waals surface area (Å²) in [6, 6.07) is 9.29. The van der Waals surface area contributed by atoms with E-state index in [4.69, 9.17) is 35.4 Å². The van der Waals surface area contributed by atoms with Crippen LogP contribution in [-0.4, -0.2) is 34.2 Å². The molecule has 0 radical (unpaired) electrons. The van der Waals surface area contributed by atoms with Gasteiger partial charge in [-0.3, -0.25) is 0 Å². The van der Waals surface area contributed by atoms with Crippen LogP contribution in [0.25, 0.3) is 0 Å². The number of rotatable bonds is 0. The van der Waals surface area contributed by atoms with Crippen molar-refractivity contribution < 1.29 is 35.4 Å². The molecule has 54 heavy (non-hydrogen) atoms. The van der Waals surface area contributed by atoms with Crippen molar-refractivity contribution in [3.8, 4) is 46.0 Å². The van der Waals surface area contributed by atoms with E-state index in [0.29, 0.717) is 25.7 Å². The van der Waals surface area contributed by atoms with E-state index in [9.17, 15) is 0 Å². The maximum atomic E-state index is 6.98. The van der Waals surface area contributed by atoms with Crippen molar-refractivity contribution in [2.45, 2.75) is 120 Å². The van der Waals surface area contributed by atoms with Gasteiger partial charge in [0.2, 0.25) is 0 Å². The maximum absolute atomic E-state index is 6.98. The standard InChI is InChI=1S/C40H48O8Si4.C2H6/c1-21-33-25-13-26-18-28-15-30-20-32-16-31-19-29-14-27(17-25)35(43-49(5,6)41-33)22(2)37(29)45-51(9,10)47-39(31)24(4)40(32)48-52(11,12)46-38(30)23(3)36(28)44-50(7,8)42-34(21)26;1-2/h13-16H,17-20H2,1-12H3;1-2H3. The van der Waals surface area contributed by atoms with Crippen LogP contribution in [0.5, 0.6) is 46.0 Å². The van der Waals surface area contributed by atoms with E-state index in [0.717, 1.165) is 113 Å². The van der Waals surface area contributed by atoms with Crippen LogP contribution in [0.4, 0.5) is 0 Å². The normalized spacial score (nSPS) is 19.3. The van der Waals surface area contributed by atoms with Crippen LogP contribution < -0.4 is 35.4 Å². The van der Waals surface area contributed by atoms with Gasteiger partial charge in [-0.2, -0.15) is 0 Å². The third-order valence-electron chi connectivity index (χ3n) is 10.8. The fourth-order valence-electron chi connectivity index (χ4n) is 8.76. The minimum atomic E-state index is -2.77. The molecule has 0 spiro atoms. The predicted molar refractivity (Wildman–Crippen MR) is 222 cm³/mol. The first-order chi connectivity index (χ1) is 25.3. The van der Waals surface area contributed by atoms with Crippen molar-refractivity contribution >= 4 is 34.2 Å². The Labute approximate surface area is 325 Å². The third-order valence-corrected chi connectivity index (χ3v) is 16.3. The fraction of sp³-hybridized carbons (Fsp3) is 0.429. The molecule has 0 saturated carbocycles.